The average molecular weight is 343 g/mol. The van der Waals surface area contributed by atoms with Gasteiger partial charge in [-0.05, 0) is 55.7 Å². The first kappa shape index (κ1) is 15.5. The lowest BCUT2D eigenvalue weighted by atomic mass is 10.1. The number of likely N-dealkylation sites (tertiary alicyclic amines) is 1. The summed E-state index contributed by atoms with van der Waals surface area (Å²) >= 11 is 3.41. The Morgan fingerprint density at radius 2 is 2.30 bits per heavy atom. The number of rotatable bonds is 4. The number of likely N-dealkylation sites (N-methyl/N-ethyl adjacent to an activating group) is 1. The molecule has 0 aliphatic carbocycles. The van der Waals surface area contributed by atoms with Gasteiger partial charge in [-0.15, -0.1) is 0 Å². The maximum atomic E-state index is 12.2. The first-order valence-corrected chi connectivity index (χ1v) is 8.08. The number of nitrogens with one attached hydrogen (secondary N) is 1. The predicted octanol–water partition coefficient (Wildman–Crippen LogP) is 2.48. The van der Waals surface area contributed by atoms with Gasteiger partial charge >= 0.3 is 0 Å². The van der Waals surface area contributed by atoms with E-state index in [2.05, 4.69) is 38.2 Å². The molecule has 5 nitrogen and oxygen atoms in total. The van der Waals surface area contributed by atoms with Crippen LogP contribution in [0.5, 0.6) is 0 Å². The molecule has 0 bridgehead atoms. The number of hydrogen-bond donors (Lipinski definition) is 1. The fourth-order valence-corrected chi connectivity index (χ4v) is 2.99. The summed E-state index contributed by atoms with van der Waals surface area (Å²) in [5, 5.41) is 7.70. The Balaban J connectivity index is 2.14. The third-order valence-electron chi connectivity index (χ3n) is 3.75. The molecular weight excluding hydrogens is 320 g/mol. The van der Waals surface area contributed by atoms with Crippen molar-refractivity contribution in [3.05, 3.63) is 21.0 Å². The van der Waals surface area contributed by atoms with Crippen LogP contribution in [0.1, 0.15) is 39.7 Å². The molecule has 1 saturated heterocycles. The summed E-state index contributed by atoms with van der Waals surface area (Å²) in [5.41, 5.74) is 0.725. The smallest absolute Gasteiger partial charge is 0.283 e. The summed E-state index contributed by atoms with van der Waals surface area (Å²) in [6, 6.07) is 0.453. The number of hydrogen-bond acceptors (Lipinski definition) is 4. The highest BCUT2D eigenvalue weighted by Gasteiger charge is 2.20. The Kier molecular flexibility index (Phi) is 5.21. The number of aromatic nitrogens is 2. The van der Waals surface area contributed by atoms with Gasteiger partial charge in [-0.2, -0.15) is 5.10 Å². The molecule has 112 valence electrons. The Labute approximate surface area is 128 Å². The highest BCUT2D eigenvalue weighted by Crippen LogP contribution is 2.21. The number of piperidine rings is 1. The van der Waals surface area contributed by atoms with Gasteiger partial charge in [0.05, 0.1) is 17.9 Å². The first-order chi connectivity index (χ1) is 9.52. The minimum absolute atomic E-state index is 0.0677. The van der Waals surface area contributed by atoms with Gasteiger partial charge in [0.25, 0.3) is 5.56 Å². The van der Waals surface area contributed by atoms with Crippen LogP contribution in [0.15, 0.2) is 15.5 Å². The molecule has 6 heteroatoms. The SMILES string of the molecule is CCN1CCCC(Nc2cnn(C(C)C)c(=O)c2Br)C1. The molecule has 1 atom stereocenters. The van der Waals surface area contributed by atoms with E-state index < -0.39 is 0 Å². The van der Waals surface area contributed by atoms with E-state index >= 15 is 0 Å². The third kappa shape index (κ3) is 3.41. The molecule has 0 amide bonds. The summed E-state index contributed by atoms with van der Waals surface area (Å²) < 4.78 is 2.07. The third-order valence-corrected chi connectivity index (χ3v) is 4.51. The van der Waals surface area contributed by atoms with E-state index in [-0.39, 0.29) is 11.6 Å². The summed E-state index contributed by atoms with van der Waals surface area (Å²) in [4.78, 5) is 14.6. The Morgan fingerprint density at radius 3 is 2.95 bits per heavy atom. The second kappa shape index (κ2) is 6.72. The Bertz CT molecular complexity index is 514. The minimum Gasteiger partial charge on any atom is -0.379 e. The number of nitrogens with zero attached hydrogens (tertiary/aromatic N) is 3. The van der Waals surface area contributed by atoms with E-state index in [0.29, 0.717) is 10.5 Å². The second-order valence-corrected chi connectivity index (χ2v) is 6.39. The van der Waals surface area contributed by atoms with Crippen molar-refractivity contribution in [2.75, 3.05) is 25.0 Å². The molecule has 0 spiro atoms. The standard InChI is InChI=1S/C14H23BrN4O/c1-4-18-7-5-6-11(9-18)17-12-8-16-19(10(2)3)14(20)13(12)15/h8,10-11,17H,4-7,9H2,1-3H3. The van der Waals surface area contributed by atoms with Crippen LogP contribution in [-0.2, 0) is 0 Å². The van der Waals surface area contributed by atoms with Crippen LogP contribution < -0.4 is 10.9 Å². The number of halogens is 1. The lowest BCUT2D eigenvalue weighted by molar-refractivity contribution is 0.227. The van der Waals surface area contributed by atoms with Crippen LogP contribution in [0.2, 0.25) is 0 Å². The molecule has 0 saturated carbocycles. The molecule has 2 heterocycles. The lowest BCUT2D eigenvalue weighted by Crippen LogP contribution is -2.42. The van der Waals surface area contributed by atoms with Crippen molar-refractivity contribution in [3.63, 3.8) is 0 Å². The zero-order valence-corrected chi connectivity index (χ0v) is 14.0. The van der Waals surface area contributed by atoms with Gasteiger partial charge in [0.2, 0.25) is 0 Å². The molecule has 1 aromatic heterocycles. The highest BCUT2D eigenvalue weighted by molar-refractivity contribution is 9.10. The van der Waals surface area contributed by atoms with Crippen molar-refractivity contribution in [2.24, 2.45) is 0 Å². The fraction of sp³-hybridized carbons (Fsp3) is 0.714. The van der Waals surface area contributed by atoms with Gasteiger partial charge in [0.15, 0.2) is 0 Å². The molecule has 1 aliphatic heterocycles. The topological polar surface area (TPSA) is 50.2 Å². The molecule has 0 radical (unpaired) electrons. The summed E-state index contributed by atoms with van der Waals surface area (Å²) in [5.74, 6) is 0. The molecule has 20 heavy (non-hydrogen) atoms. The molecule has 1 fully saturated rings. The fourth-order valence-electron chi connectivity index (χ4n) is 2.59. The van der Waals surface area contributed by atoms with E-state index in [1.54, 1.807) is 6.20 Å². The molecule has 2 rings (SSSR count). The first-order valence-electron chi connectivity index (χ1n) is 7.29. The second-order valence-electron chi connectivity index (χ2n) is 5.59. The van der Waals surface area contributed by atoms with Crippen molar-refractivity contribution in [1.82, 2.24) is 14.7 Å². The van der Waals surface area contributed by atoms with E-state index in [4.69, 9.17) is 0 Å². The van der Waals surface area contributed by atoms with Crippen molar-refractivity contribution >= 4 is 21.6 Å². The van der Waals surface area contributed by atoms with Crippen LogP contribution >= 0.6 is 15.9 Å². The largest absolute Gasteiger partial charge is 0.379 e. The highest BCUT2D eigenvalue weighted by atomic mass is 79.9. The van der Waals surface area contributed by atoms with Crippen molar-refractivity contribution in [1.29, 1.82) is 0 Å². The van der Waals surface area contributed by atoms with Gasteiger partial charge in [0.1, 0.15) is 4.47 Å². The van der Waals surface area contributed by atoms with E-state index in [9.17, 15) is 4.79 Å². The summed E-state index contributed by atoms with van der Waals surface area (Å²) in [6.45, 7) is 9.36. The molecule has 1 aromatic rings. The minimum atomic E-state index is -0.0758. The van der Waals surface area contributed by atoms with Gasteiger partial charge in [-0.25, -0.2) is 4.68 Å². The molecule has 0 aromatic carbocycles. The lowest BCUT2D eigenvalue weighted by Gasteiger charge is -2.33. The average Bonchev–Trinajstić information content (AvgIpc) is 2.44. The van der Waals surface area contributed by atoms with Crippen molar-refractivity contribution in [3.8, 4) is 0 Å². The van der Waals surface area contributed by atoms with Gasteiger partial charge in [-0.1, -0.05) is 6.92 Å². The van der Waals surface area contributed by atoms with Crippen LogP contribution in [0.3, 0.4) is 0 Å². The maximum absolute atomic E-state index is 12.2. The molecule has 1 aliphatic rings. The van der Waals surface area contributed by atoms with E-state index in [1.807, 2.05) is 13.8 Å². The Hall–Kier alpha value is -0.880. The summed E-state index contributed by atoms with van der Waals surface area (Å²) in [7, 11) is 0. The molecule has 1 N–H and O–H groups in total. The van der Waals surface area contributed by atoms with Crippen LogP contribution in [0, 0.1) is 0 Å². The van der Waals surface area contributed by atoms with Crippen LogP contribution in [-0.4, -0.2) is 40.4 Å². The van der Waals surface area contributed by atoms with Gasteiger partial charge in [-0.3, -0.25) is 4.79 Å². The van der Waals surface area contributed by atoms with Crippen molar-refractivity contribution in [2.45, 2.75) is 45.7 Å². The van der Waals surface area contributed by atoms with Crippen LogP contribution in [0.25, 0.3) is 0 Å². The Morgan fingerprint density at radius 1 is 1.55 bits per heavy atom. The zero-order valence-electron chi connectivity index (χ0n) is 12.4. The van der Waals surface area contributed by atoms with Gasteiger partial charge in [0, 0.05) is 12.6 Å². The number of anilines is 1. The monoisotopic (exact) mass is 342 g/mol. The maximum Gasteiger partial charge on any atom is 0.283 e. The van der Waals surface area contributed by atoms with E-state index in [0.717, 1.165) is 25.2 Å². The molecular formula is C14H23BrN4O. The summed E-state index contributed by atoms with van der Waals surface area (Å²) in [6.07, 6.45) is 4.08. The molecule has 1 unspecified atom stereocenters. The zero-order chi connectivity index (χ0) is 14.7. The van der Waals surface area contributed by atoms with Gasteiger partial charge < -0.3 is 10.2 Å². The predicted molar refractivity (Wildman–Crippen MR) is 85.3 cm³/mol. The van der Waals surface area contributed by atoms with Crippen molar-refractivity contribution < 1.29 is 0 Å². The van der Waals surface area contributed by atoms with E-state index in [1.165, 1.54) is 17.6 Å². The normalized spacial score (nSPS) is 20.4. The van der Waals surface area contributed by atoms with Crippen LogP contribution in [0.4, 0.5) is 5.69 Å². The quantitative estimate of drug-likeness (QED) is 0.913.